The first kappa shape index (κ1) is 56.1. The number of rotatable bonds is 29. The van der Waals surface area contributed by atoms with Gasteiger partial charge >= 0.3 is 29.8 Å². The van der Waals surface area contributed by atoms with Crippen molar-refractivity contribution in [2.24, 2.45) is 28.8 Å². The number of ether oxygens (including phenoxy) is 7. The first-order chi connectivity index (χ1) is 34.8. The third kappa shape index (κ3) is 19.4. The van der Waals surface area contributed by atoms with Gasteiger partial charge in [0.2, 0.25) is 0 Å². The molecule has 15 nitrogen and oxygen atoms in total. The molecule has 2 aliphatic carbocycles. The highest BCUT2D eigenvalue weighted by molar-refractivity contribution is 6.02. The van der Waals surface area contributed by atoms with E-state index in [9.17, 15) is 28.8 Å². The highest BCUT2D eigenvalue weighted by Crippen LogP contribution is 2.35. The van der Waals surface area contributed by atoms with Gasteiger partial charge in [0.15, 0.2) is 0 Å². The summed E-state index contributed by atoms with van der Waals surface area (Å²) in [5.41, 5.74) is 1.98. The molecule has 0 bridgehead atoms. The van der Waals surface area contributed by atoms with Gasteiger partial charge in [-0.3, -0.25) is 19.2 Å². The Labute approximate surface area is 424 Å². The Hall–Kier alpha value is -6.77. The summed E-state index contributed by atoms with van der Waals surface area (Å²) < 4.78 is 39.2. The summed E-state index contributed by atoms with van der Waals surface area (Å²) in [6.45, 7) is 10.4. The molecular weight excluding hydrogens is 921 g/mol. The fraction of sp³-hybridized carbons (Fsp3) is 0.491. The van der Waals surface area contributed by atoms with Crippen LogP contribution in [0, 0.1) is 23.7 Å². The lowest BCUT2D eigenvalue weighted by atomic mass is 9.79. The molecular formula is C57H72N2O13. The van der Waals surface area contributed by atoms with E-state index >= 15 is 0 Å². The van der Waals surface area contributed by atoms with Gasteiger partial charge in [-0.2, -0.15) is 5.10 Å². The van der Waals surface area contributed by atoms with Crippen LogP contribution in [0.5, 0.6) is 28.7 Å². The smallest absolute Gasteiger partial charge is 0.330 e. The summed E-state index contributed by atoms with van der Waals surface area (Å²) in [5, 5.41) is 6.16. The molecule has 72 heavy (non-hydrogen) atoms. The molecule has 2 saturated carbocycles. The highest BCUT2D eigenvalue weighted by Gasteiger charge is 2.34. The second kappa shape index (κ2) is 30.2. The maximum absolute atomic E-state index is 13.6. The molecule has 0 N–H and O–H groups in total. The molecule has 0 spiro atoms. The van der Waals surface area contributed by atoms with Crippen LogP contribution in [-0.4, -0.2) is 86.9 Å². The summed E-state index contributed by atoms with van der Waals surface area (Å²) in [4.78, 5) is 75.6. The van der Waals surface area contributed by atoms with Crippen molar-refractivity contribution in [1.82, 2.24) is 5.01 Å². The maximum Gasteiger partial charge on any atom is 0.330 e. The van der Waals surface area contributed by atoms with E-state index in [0.717, 1.165) is 74.8 Å². The maximum atomic E-state index is 13.6. The molecule has 15 heteroatoms. The van der Waals surface area contributed by atoms with Gasteiger partial charge in [-0.05, 0) is 170 Å². The monoisotopic (exact) mass is 993 g/mol. The van der Waals surface area contributed by atoms with Crippen LogP contribution in [0.2, 0.25) is 0 Å². The average Bonchev–Trinajstić information content (AvgIpc) is 3.38. The Morgan fingerprint density at radius 2 is 0.931 bits per heavy atom. The van der Waals surface area contributed by atoms with E-state index in [2.05, 4.69) is 18.3 Å². The lowest BCUT2D eigenvalue weighted by molar-refractivity contribution is -0.145. The number of ketones is 1. The third-order valence-electron chi connectivity index (χ3n) is 12.8. The molecule has 3 aromatic carbocycles. The van der Waals surface area contributed by atoms with Crippen LogP contribution in [-0.2, 0) is 44.7 Å². The lowest BCUT2D eigenvalue weighted by Crippen LogP contribution is -2.30. The van der Waals surface area contributed by atoms with Gasteiger partial charge in [0.05, 0.1) is 49.9 Å². The summed E-state index contributed by atoms with van der Waals surface area (Å²) >= 11 is 0. The van der Waals surface area contributed by atoms with E-state index in [0.29, 0.717) is 113 Å². The number of benzene rings is 3. The summed E-state index contributed by atoms with van der Waals surface area (Å²) in [7, 11) is 3.56. The fourth-order valence-electron chi connectivity index (χ4n) is 8.72. The van der Waals surface area contributed by atoms with Crippen molar-refractivity contribution >= 4 is 41.3 Å². The predicted octanol–water partition coefficient (Wildman–Crippen LogP) is 10.1. The molecule has 0 heterocycles. The Kier molecular flexibility index (Phi) is 23.5. The molecule has 388 valence electrons. The predicted molar refractivity (Wildman–Crippen MR) is 272 cm³/mol. The molecule has 0 radical (unpaired) electrons. The Morgan fingerprint density at radius 1 is 0.528 bits per heavy atom. The Balaban J connectivity index is 1.01. The number of hydrazone groups is 1. The zero-order chi connectivity index (χ0) is 51.7. The van der Waals surface area contributed by atoms with Crippen molar-refractivity contribution in [3.8, 4) is 28.7 Å². The number of hydrogen-bond donors (Lipinski definition) is 0. The second-order valence-electron chi connectivity index (χ2n) is 18.6. The molecule has 2 aliphatic rings. The summed E-state index contributed by atoms with van der Waals surface area (Å²) in [6.07, 6.45) is 13.9. The molecule has 0 aromatic heterocycles. The largest absolute Gasteiger partial charge is 0.494 e. The van der Waals surface area contributed by atoms with Crippen molar-refractivity contribution in [3.63, 3.8) is 0 Å². The first-order valence-electron chi connectivity index (χ1n) is 25.4. The van der Waals surface area contributed by atoms with Gasteiger partial charge < -0.3 is 38.2 Å². The molecule has 2 fully saturated rings. The van der Waals surface area contributed by atoms with Crippen molar-refractivity contribution in [3.05, 3.63) is 103 Å². The van der Waals surface area contributed by atoms with Crippen LogP contribution in [0.15, 0.2) is 97.1 Å². The van der Waals surface area contributed by atoms with E-state index in [1.165, 1.54) is 0 Å². The van der Waals surface area contributed by atoms with Gasteiger partial charge in [-0.25, -0.2) is 9.59 Å². The number of carbonyl (C=O) groups excluding carboxylic acids is 6. The molecule has 0 saturated heterocycles. The molecule has 5 rings (SSSR count). The number of unbranched alkanes of at least 4 members (excludes halogenated alkanes) is 6. The van der Waals surface area contributed by atoms with E-state index in [1.807, 2.05) is 24.3 Å². The van der Waals surface area contributed by atoms with Crippen LogP contribution in [0.25, 0.3) is 0 Å². The van der Waals surface area contributed by atoms with Crippen molar-refractivity contribution in [2.45, 2.75) is 116 Å². The molecule has 0 aliphatic heterocycles. The first-order valence-corrected chi connectivity index (χ1v) is 25.4. The number of nitrogens with zero attached hydrogens (tertiary/aromatic N) is 2. The van der Waals surface area contributed by atoms with Crippen LogP contribution >= 0.6 is 0 Å². The Bertz CT molecular complexity index is 2290. The number of hydrogen-bond acceptors (Lipinski definition) is 15. The topological polar surface area (TPSA) is 183 Å². The Morgan fingerprint density at radius 3 is 1.40 bits per heavy atom. The highest BCUT2D eigenvalue weighted by atomic mass is 16.6. The fourth-order valence-corrected chi connectivity index (χ4v) is 8.72. The average molecular weight is 993 g/mol. The van der Waals surface area contributed by atoms with Gasteiger partial charge in [-0.15, -0.1) is 0 Å². The third-order valence-corrected chi connectivity index (χ3v) is 12.8. The molecule has 0 unspecified atom stereocenters. The minimum Gasteiger partial charge on any atom is -0.494 e. The summed E-state index contributed by atoms with van der Waals surface area (Å²) in [6, 6.07) is 19.4. The van der Waals surface area contributed by atoms with Gasteiger partial charge in [-0.1, -0.05) is 25.3 Å². The van der Waals surface area contributed by atoms with Gasteiger partial charge in [0, 0.05) is 44.1 Å². The summed E-state index contributed by atoms with van der Waals surface area (Å²) in [5.74, 6) is -0.600. The van der Waals surface area contributed by atoms with Gasteiger partial charge in [0.1, 0.15) is 34.5 Å². The SMILES string of the molecule is C=CC(=O)OCCCCCCOc1ccc(CC(=O)C2CCC(C(=O)Oc3ccc(OC(=O)C4CCC(C(=O)Oc5ccc(OCCCCCCOC(=O)C=C)cc5)CC4)cc3/C(C)=N/N(C)C)CC2)cc1. The van der Waals surface area contributed by atoms with E-state index in [-0.39, 0.29) is 41.2 Å². The van der Waals surface area contributed by atoms with Crippen LogP contribution in [0.4, 0.5) is 0 Å². The van der Waals surface area contributed by atoms with E-state index in [4.69, 9.17) is 33.2 Å². The second-order valence-corrected chi connectivity index (χ2v) is 18.6. The van der Waals surface area contributed by atoms with E-state index < -0.39 is 23.8 Å². The zero-order valence-electron chi connectivity index (χ0n) is 42.3. The van der Waals surface area contributed by atoms with Crippen LogP contribution in [0.1, 0.15) is 121 Å². The normalized spacial score (nSPS) is 17.6. The standard InChI is InChI=1S/C57H72N2O13/c1-6-53(61)68-36-14-10-8-12-34-66-46-26-16-41(17-27-46)38-51(60)42-18-20-45(21-19-42)57(65)72-52-33-32-49(39-50(52)40(3)58-59(4)5)71-56(64)44-24-22-43(23-25-44)55(63)70-48-30-28-47(29-31-48)67-35-13-9-11-15-37-69-54(62)7-2/h6-7,16-17,26-33,39,42-45H,1-2,8-15,18-25,34-38H2,3-5H3/b58-40+. The molecule has 3 aromatic rings. The van der Waals surface area contributed by atoms with Crippen LogP contribution in [0.3, 0.4) is 0 Å². The lowest BCUT2D eigenvalue weighted by Gasteiger charge is -2.27. The van der Waals surface area contributed by atoms with Crippen LogP contribution < -0.4 is 23.7 Å². The quantitative estimate of drug-likeness (QED) is 0.0160. The van der Waals surface area contributed by atoms with Gasteiger partial charge in [0.25, 0.3) is 0 Å². The minimum absolute atomic E-state index is 0.138. The molecule has 0 atom stereocenters. The van der Waals surface area contributed by atoms with Crippen molar-refractivity contribution in [2.75, 3.05) is 40.5 Å². The van der Waals surface area contributed by atoms with Crippen molar-refractivity contribution in [1.29, 1.82) is 0 Å². The zero-order valence-corrected chi connectivity index (χ0v) is 42.3. The number of Topliss-reactive ketones (excluding diaryl/α,β-unsaturated/α-hetero) is 1. The van der Waals surface area contributed by atoms with E-state index in [1.54, 1.807) is 68.5 Å². The number of esters is 5. The minimum atomic E-state index is -0.409. The molecule has 0 amide bonds. The van der Waals surface area contributed by atoms with Crippen molar-refractivity contribution < 1.29 is 61.9 Å². The number of carbonyl (C=O) groups is 6.